The Morgan fingerprint density at radius 1 is 1.07 bits per heavy atom. The fourth-order valence-corrected chi connectivity index (χ4v) is 6.32. The first kappa shape index (κ1) is 21.7. The van der Waals surface area contributed by atoms with Crippen LogP contribution >= 0.6 is 0 Å². The topological polar surface area (TPSA) is 64.6 Å². The summed E-state index contributed by atoms with van der Waals surface area (Å²) in [4.78, 5) is 0.323. The summed E-state index contributed by atoms with van der Waals surface area (Å²) in [5, 5.41) is 3.76. The molecule has 0 unspecified atom stereocenters. The van der Waals surface area contributed by atoms with Gasteiger partial charge in [-0.3, -0.25) is 5.32 Å². The summed E-state index contributed by atoms with van der Waals surface area (Å²) >= 11 is 0. The molecule has 0 amide bonds. The molecule has 1 aliphatic heterocycles. The van der Waals surface area contributed by atoms with E-state index in [1.807, 2.05) is 36.4 Å². The third-order valence-electron chi connectivity index (χ3n) is 5.90. The van der Waals surface area contributed by atoms with E-state index >= 15 is 0 Å². The van der Waals surface area contributed by atoms with Crippen LogP contribution in [0.1, 0.15) is 56.7 Å². The maximum atomic E-state index is 13.5. The summed E-state index contributed by atoms with van der Waals surface area (Å²) in [7, 11) is -0.432. The van der Waals surface area contributed by atoms with Gasteiger partial charge in [0.1, 0.15) is 0 Å². The van der Waals surface area contributed by atoms with Crippen molar-refractivity contribution in [3.8, 4) is 11.5 Å². The van der Waals surface area contributed by atoms with Gasteiger partial charge in [-0.1, -0.05) is 57.0 Å². The molecule has 0 radical (unpaired) electrons. The highest BCUT2D eigenvalue weighted by Crippen LogP contribution is 2.42. The number of hydrogen-bond acceptors (Lipinski definition) is 5. The highest BCUT2D eigenvalue weighted by Gasteiger charge is 2.42. The average molecular weight is 418 g/mol. The van der Waals surface area contributed by atoms with Gasteiger partial charge in [-0.25, -0.2) is 8.42 Å². The van der Waals surface area contributed by atoms with E-state index in [4.69, 9.17) is 9.47 Å². The molecule has 2 aromatic rings. The Morgan fingerprint density at radius 3 is 2.31 bits per heavy atom. The van der Waals surface area contributed by atoms with Crippen molar-refractivity contribution in [3.05, 3.63) is 53.6 Å². The fourth-order valence-electron chi connectivity index (χ4n) is 4.19. The van der Waals surface area contributed by atoms with E-state index < -0.39 is 15.4 Å². The van der Waals surface area contributed by atoms with Crippen molar-refractivity contribution in [2.75, 3.05) is 20.0 Å². The van der Waals surface area contributed by atoms with Crippen molar-refractivity contribution in [1.82, 2.24) is 5.32 Å². The molecule has 0 saturated carbocycles. The number of benzene rings is 2. The standard InChI is InChI=1S/C23H31NO4S/c1-5-7-13-23(6-2)16-29(25,26)21-15-20(28-4)19(27-3)14-18(21)22(24-23)17-11-9-8-10-12-17/h8-12,14-15,22,24H,5-7,13,16H2,1-4H3/t22-,23+/m0/s1. The maximum Gasteiger partial charge on any atom is 0.180 e. The molecule has 2 aromatic carbocycles. The van der Waals surface area contributed by atoms with E-state index in [0.29, 0.717) is 22.0 Å². The van der Waals surface area contributed by atoms with Gasteiger partial charge in [-0.05, 0) is 30.0 Å². The Bertz CT molecular complexity index is 943. The number of ether oxygens (including phenoxy) is 2. The lowest BCUT2D eigenvalue weighted by atomic mass is 9.88. The van der Waals surface area contributed by atoms with Crippen LogP contribution in [-0.2, 0) is 9.84 Å². The molecule has 0 aliphatic carbocycles. The number of fused-ring (bicyclic) bond motifs is 1. The predicted octanol–water partition coefficient (Wildman–Crippen LogP) is 4.51. The minimum Gasteiger partial charge on any atom is -0.493 e. The monoisotopic (exact) mass is 417 g/mol. The Morgan fingerprint density at radius 2 is 1.72 bits per heavy atom. The first-order chi connectivity index (χ1) is 13.9. The lowest BCUT2D eigenvalue weighted by molar-refractivity contribution is 0.294. The molecule has 1 N–H and O–H groups in total. The van der Waals surface area contributed by atoms with Crippen LogP contribution in [0.2, 0.25) is 0 Å². The van der Waals surface area contributed by atoms with Crippen LogP contribution in [0.15, 0.2) is 47.4 Å². The van der Waals surface area contributed by atoms with Crippen LogP contribution in [0.4, 0.5) is 0 Å². The minimum atomic E-state index is -3.53. The van der Waals surface area contributed by atoms with Gasteiger partial charge >= 0.3 is 0 Å². The van der Waals surface area contributed by atoms with Crippen LogP contribution in [-0.4, -0.2) is 33.9 Å². The Balaban J connectivity index is 2.27. The molecule has 0 saturated heterocycles. The highest BCUT2D eigenvalue weighted by atomic mass is 32.2. The van der Waals surface area contributed by atoms with E-state index in [1.54, 1.807) is 13.2 Å². The normalized spacial score (nSPS) is 23.1. The van der Waals surface area contributed by atoms with E-state index in [-0.39, 0.29) is 11.8 Å². The fraction of sp³-hybridized carbons (Fsp3) is 0.478. The lowest BCUT2D eigenvalue weighted by Gasteiger charge is -2.36. The van der Waals surface area contributed by atoms with E-state index in [9.17, 15) is 8.42 Å². The zero-order valence-corrected chi connectivity index (χ0v) is 18.5. The zero-order valence-electron chi connectivity index (χ0n) is 17.7. The van der Waals surface area contributed by atoms with E-state index in [0.717, 1.165) is 31.2 Å². The molecule has 0 fully saturated rings. The predicted molar refractivity (Wildman–Crippen MR) is 116 cm³/mol. The maximum absolute atomic E-state index is 13.5. The van der Waals surface area contributed by atoms with Gasteiger partial charge in [-0.2, -0.15) is 0 Å². The first-order valence-electron chi connectivity index (χ1n) is 10.2. The molecule has 0 aromatic heterocycles. The highest BCUT2D eigenvalue weighted by molar-refractivity contribution is 7.91. The molecule has 2 atom stereocenters. The van der Waals surface area contributed by atoms with Crippen LogP contribution < -0.4 is 14.8 Å². The largest absolute Gasteiger partial charge is 0.493 e. The van der Waals surface area contributed by atoms with E-state index in [2.05, 4.69) is 19.2 Å². The molecule has 0 bridgehead atoms. The third-order valence-corrected chi connectivity index (χ3v) is 7.85. The second kappa shape index (κ2) is 8.76. The number of unbranched alkanes of at least 4 members (excludes halogenated alkanes) is 1. The van der Waals surface area contributed by atoms with Gasteiger partial charge < -0.3 is 9.47 Å². The van der Waals surface area contributed by atoms with Crippen molar-refractivity contribution >= 4 is 9.84 Å². The molecule has 1 aliphatic rings. The second-order valence-corrected chi connectivity index (χ2v) is 9.69. The second-order valence-electron chi connectivity index (χ2n) is 7.73. The van der Waals surface area contributed by atoms with Crippen molar-refractivity contribution in [3.63, 3.8) is 0 Å². The van der Waals surface area contributed by atoms with Gasteiger partial charge in [0, 0.05) is 11.6 Å². The summed E-state index contributed by atoms with van der Waals surface area (Å²) in [6, 6.07) is 13.2. The van der Waals surface area contributed by atoms with Crippen molar-refractivity contribution in [1.29, 1.82) is 0 Å². The Kier molecular flexibility index (Phi) is 6.54. The van der Waals surface area contributed by atoms with Crippen molar-refractivity contribution in [2.45, 2.75) is 56.0 Å². The van der Waals surface area contributed by atoms with Gasteiger partial charge in [-0.15, -0.1) is 0 Å². The molecule has 1 heterocycles. The summed E-state index contributed by atoms with van der Waals surface area (Å²) in [6.45, 7) is 4.20. The zero-order chi connectivity index (χ0) is 21.1. The number of methoxy groups -OCH3 is 2. The average Bonchev–Trinajstić information content (AvgIpc) is 2.84. The number of rotatable bonds is 7. The molecular formula is C23H31NO4S. The summed E-state index contributed by atoms with van der Waals surface area (Å²) in [5.41, 5.74) is 1.25. The summed E-state index contributed by atoms with van der Waals surface area (Å²) in [6.07, 6.45) is 3.54. The van der Waals surface area contributed by atoms with Gasteiger partial charge in [0.2, 0.25) is 0 Å². The van der Waals surface area contributed by atoms with E-state index in [1.165, 1.54) is 7.11 Å². The number of nitrogens with one attached hydrogen (secondary N) is 1. The summed E-state index contributed by atoms with van der Waals surface area (Å²) < 4.78 is 38.0. The van der Waals surface area contributed by atoms with Crippen LogP contribution in [0.25, 0.3) is 0 Å². The Labute approximate surface area is 174 Å². The third kappa shape index (κ3) is 4.28. The molecule has 6 heteroatoms. The SMILES string of the molecule is CCCC[C@]1(CC)CS(=O)(=O)c2cc(OC)c(OC)cc2[C@H](c2ccccc2)N1. The molecule has 5 nitrogen and oxygen atoms in total. The van der Waals surface area contributed by atoms with Crippen LogP contribution in [0.3, 0.4) is 0 Å². The first-order valence-corrected chi connectivity index (χ1v) is 11.9. The molecule has 158 valence electrons. The number of sulfone groups is 1. The lowest BCUT2D eigenvalue weighted by Crippen LogP contribution is -2.50. The molecular weight excluding hydrogens is 386 g/mol. The quantitative estimate of drug-likeness (QED) is 0.718. The smallest absolute Gasteiger partial charge is 0.180 e. The molecule has 0 spiro atoms. The van der Waals surface area contributed by atoms with Crippen LogP contribution in [0.5, 0.6) is 11.5 Å². The molecule has 29 heavy (non-hydrogen) atoms. The summed E-state index contributed by atoms with van der Waals surface area (Å²) in [5.74, 6) is 1.03. The van der Waals surface area contributed by atoms with Gasteiger partial charge in [0.15, 0.2) is 21.3 Å². The Hall–Kier alpha value is -2.05. The van der Waals surface area contributed by atoms with Gasteiger partial charge in [0.25, 0.3) is 0 Å². The minimum absolute atomic E-state index is 0.0717. The number of hydrogen-bond donors (Lipinski definition) is 1. The van der Waals surface area contributed by atoms with Gasteiger partial charge in [0.05, 0.1) is 30.9 Å². The van der Waals surface area contributed by atoms with Crippen LogP contribution in [0, 0.1) is 0 Å². The van der Waals surface area contributed by atoms with Crippen molar-refractivity contribution < 1.29 is 17.9 Å². The molecule has 3 rings (SSSR count). The van der Waals surface area contributed by atoms with Crippen molar-refractivity contribution in [2.24, 2.45) is 0 Å².